The fraction of sp³-hybridized carbons (Fsp3) is 0.154. The Morgan fingerprint density at radius 2 is 1.95 bits per heavy atom. The zero-order valence-corrected chi connectivity index (χ0v) is 11.4. The van der Waals surface area contributed by atoms with Crippen molar-refractivity contribution >= 4 is 17.4 Å². The van der Waals surface area contributed by atoms with Gasteiger partial charge in [-0.1, -0.05) is 17.7 Å². The number of rotatable bonds is 3. The summed E-state index contributed by atoms with van der Waals surface area (Å²) in [6, 6.07) is 5.44. The number of pyridine rings is 1. The second-order valence-corrected chi connectivity index (χ2v) is 4.39. The van der Waals surface area contributed by atoms with Gasteiger partial charge in [-0.05, 0) is 18.2 Å². The second-order valence-electron chi connectivity index (χ2n) is 3.98. The monoisotopic (exact) mass is 320 g/mol. The lowest BCUT2D eigenvalue weighted by atomic mass is 10.2. The third-order valence-electron chi connectivity index (χ3n) is 2.52. The minimum atomic E-state index is -4.57. The van der Waals surface area contributed by atoms with Gasteiger partial charge in [-0.25, -0.2) is 4.39 Å². The van der Waals surface area contributed by atoms with Crippen molar-refractivity contribution in [3.63, 3.8) is 0 Å². The number of nitrogens with one attached hydrogen (secondary N) is 1. The van der Waals surface area contributed by atoms with Crippen molar-refractivity contribution in [3.8, 4) is 11.6 Å². The molecule has 0 aliphatic rings. The van der Waals surface area contributed by atoms with Gasteiger partial charge in [-0.15, -0.1) is 0 Å². The van der Waals surface area contributed by atoms with E-state index in [2.05, 4.69) is 10.3 Å². The molecule has 1 N–H and O–H groups in total. The lowest BCUT2D eigenvalue weighted by Crippen LogP contribution is -2.07. The normalized spacial score (nSPS) is 11.3. The number of anilines is 1. The predicted molar refractivity (Wildman–Crippen MR) is 70.3 cm³/mol. The van der Waals surface area contributed by atoms with E-state index in [1.807, 2.05) is 0 Å². The number of hydrogen-bond donors (Lipinski definition) is 1. The summed E-state index contributed by atoms with van der Waals surface area (Å²) in [7, 11) is 1.41. The third-order valence-corrected chi connectivity index (χ3v) is 2.81. The van der Waals surface area contributed by atoms with Crippen LogP contribution in [0.5, 0.6) is 11.6 Å². The number of halogens is 5. The number of hydrogen-bond acceptors (Lipinski definition) is 3. The first-order valence-corrected chi connectivity index (χ1v) is 6.08. The van der Waals surface area contributed by atoms with E-state index >= 15 is 0 Å². The molecular formula is C13H9ClF4N2O. The maximum absolute atomic E-state index is 13.7. The van der Waals surface area contributed by atoms with E-state index in [-0.39, 0.29) is 16.6 Å². The first-order chi connectivity index (χ1) is 9.81. The fourth-order valence-electron chi connectivity index (χ4n) is 1.52. The van der Waals surface area contributed by atoms with E-state index in [1.165, 1.54) is 25.2 Å². The molecule has 0 aliphatic heterocycles. The Hall–Kier alpha value is -2.02. The largest absolute Gasteiger partial charge is 0.436 e. The summed E-state index contributed by atoms with van der Waals surface area (Å²) in [4.78, 5) is 3.79. The minimum Gasteiger partial charge on any atom is -0.436 e. The SMILES string of the molecule is CNc1cc(C(F)(F)F)cc(Oc2cccc(Cl)c2F)n1. The average Bonchev–Trinajstić information content (AvgIpc) is 2.42. The highest BCUT2D eigenvalue weighted by Gasteiger charge is 2.32. The standard InChI is InChI=1S/C13H9ClF4N2O/c1-19-10-5-7(13(16,17)18)6-11(20-10)21-9-4-2-3-8(14)12(9)15/h2-6H,1H3,(H,19,20). The van der Waals surface area contributed by atoms with Gasteiger partial charge in [0.2, 0.25) is 5.88 Å². The topological polar surface area (TPSA) is 34.1 Å². The molecular weight excluding hydrogens is 312 g/mol. The van der Waals surface area contributed by atoms with Gasteiger partial charge in [0, 0.05) is 13.1 Å². The molecule has 0 unspecified atom stereocenters. The maximum atomic E-state index is 13.7. The lowest BCUT2D eigenvalue weighted by molar-refractivity contribution is -0.137. The number of ether oxygens (including phenoxy) is 1. The summed E-state index contributed by atoms with van der Waals surface area (Å²) in [5, 5.41) is 2.28. The van der Waals surface area contributed by atoms with Gasteiger partial charge >= 0.3 is 6.18 Å². The van der Waals surface area contributed by atoms with Crippen LogP contribution in [-0.4, -0.2) is 12.0 Å². The van der Waals surface area contributed by atoms with Crippen LogP contribution in [0.2, 0.25) is 5.02 Å². The van der Waals surface area contributed by atoms with E-state index in [0.717, 1.165) is 6.07 Å². The summed E-state index contributed by atoms with van der Waals surface area (Å²) >= 11 is 5.57. The van der Waals surface area contributed by atoms with Gasteiger partial charge in [0.05, 0.1) is 10.6 Å². The van der Waals surface area contributed by atoms with Crippen molar-refractivity contribution in [3.05, 3.63) is 46.7 Å². The van der Waals surface area contributed by atoms with Crippen LogP contribution in [-0.2, 0) is 6.18 Å². The van der Waals surface area contributed by atoms with Crippen molar-refractivity contribution in [2.24, 2.45) is 0 Å². The van der Waals surface area contributed by atoms with Gasteiger partial charge < -0.3 is 10.1 Å². The van der Waals surface area contributed by atoms with Crippen LogP contribution in [0.25, 0.3) is 0 Å². The van der Waals surface area contributed by atoms with Crippen LogP contribution in [0, 0.1) is 5.82 Å². The molecule has 112 valence electrons. The Bertz CT molecular complexity index is 661. The first-order valence-electron chi connectivity index (χ1n) is 5.70. The Morgan fingerprint density at radius 3 is 2.57 bits per heavy atom. The van der Waals surface area contributed by atoms with E-state index in [4.69, 9.17) is 16.3 Å². The highest BCUT2D eigenvalue weighted by atomic mass is 35.5. The third kappa shape index (κ3) is 3.55. The van der Waals surface area contributed by atoms with Gasteiger partial charge in [0.25, 0.3) is 0 Å². The van der Waals surface area contributed by atoms with Crippen LogP contribution in [0.15, 0.2) is 30.3 Å². The molecule has 3 nitrogen and oxygen atoms in total. The number of benzene rings is 1. The Morgan fingerprint density at radius 1 is 1.24 bits per heavy atom. The fourth-order valence-corrected chi connectivity index (χ4v) is 1.69. The van der Waals surface area contributed by atoms with Crippen molar-refractivity contribution in [2.75, 3.05) is 12.4 Å². The summed E-state index contributed by atoms with van der Waals surface area (Å²) in [6.07, 6.45) is -4.57. The molecule has 0 aliphatic carbocycles. The zero-order valence-electron chi connectivity index (χ0n) is 10.6. The molecule has 2 aromatic rings. The Kier molecular flexibility index (Phi) is 4.22. The highest BCUT2D eigenvalue weighted by molar-refractivity contribution is 6.30. The van der Waals surface area contributed by atoms with Gasteiger partial charge in [-0.2, -0.15) is 18.2 Å². The molecule has 0 amide bonds. The van der Waals surface area contributed by atoms with Crippen molar-refractivity contribution < 1.29 is 22.3 Å². The Balaban J connectivity index is 2.42. The summed E-state index contributed by atoms with van der Waals surface area (Å²) in [5.74, 6) is -1.63. The van der Waals surface area contributed by atoms with Gasteiger partial charge in [0.15, 0.2) is 11.6 Å². The molecule has 0 fully saturated rings. The van der Waals surface area contributed by atoms with Crippen LogP contribution < -0.4 is 10.1 Å². The highest BCUT2D eigenvalue weighted by Crippen LogP contribution is 2.34. The summed E-state index contributed by atoms with van der Waals surface area (Å²) in [5.41, 5.74) is -0.959. The molecule has 0 atom stereocenters. The summed E-state index contributed by atoms with van der Waals surface area (Å²) in [6.45, 7) is 0. The second kappa shape index (κ2) is 5.77. The van der Waals surface area contributed by atoms with Crippen LogP contribution in [0.3, 0.4) is 0 Å². The van der Waals surface area contributed by atoms with Gasteiger partial charge in [-0.3, -0.25) is 0 Å². The molecule has 1 heterocycles. The van der Waals surface area contributed by atoms with Crippen LogP contribution in [0.4, 0.5) is 23.4 Å². The quantitative estimate of drug-likeness (QED) is 0.830. The van der Waals surface area contributed by atoms with Crippen molar-refractivity contribution in [2.45, 2.75) is 6.18 Å². The molecule has 1 aromatic carbocycles. The van der Waals surface area contributed by atoms with Crippen molar-refractivity contribution in [1.29, 1.82) is 0 Å². The number of nitrogens with zero attached hydrogens (tertiary/aromatic N) is 1. The first kappa shape index (κ1) is 15.4. The molecule has 8 heteroatoms. The van der Waals surface area contributed by atoms with Crippen LogP contribution in [0.1, 0.15) is 5.56 Å². The molecule has 2 rings (SSSR count). The van der Waals surface area contributed by atoms with Gasteiger partial charge in [0.1, 0.15) is 5.82 Å². The number of aromatic nitrogens is 1. The molecule has 0 bridgehead atoms. The predicted octanol–water partition coefficient (Wildman–Crippen LogP) is 4.73. The van der Waals surface area contributed by atoms with Crippen LogP contribution >= 0.6 is 11.6 Å². The molecule has 0 radical (unpaired) electrons. The van der Waals surface area contributed by atoms with E-state index < -0.39 is 23.4 Å². The molecule has 1 aromatic heterocycles. The van der Waals surface area contributed by atoms with E-state index in [9.17, 15) is 17.6 Å². The minimum absolute atomic E-state index is 0.0535. The lowest BCUT2D eigenvalue weighted by Gasteiger charge is -2.12. The Labute approximate surface area is 122 Å². The number of alkyl halides is 3. The molecule has 0 spiro atoms. The summed E-state index contributed by atoms with van der Waals surface area (Å²) < 4.78 is 57.0. The van der Waals surface area contributed by atoms with Crippen molar-refractivity contribution in [1.82, 2.24) is 4.98 Å². The molecule has 0 saturated carbocycles. The zero-order chi connectivity index (χ0) is 15.6. The molecule has 21 heavy (non-hydrogen) atoms. The smallest absolute Gasteiger partial charge is 0.416 e. The molecule has 0 saturated heterocycles. The maximum Gasteiger partial charge on any atom is 0.416 e. The van der Waals surface area contributed by atoms with E-state index in [1.54, 1.807) is 0 Å². The average molecular weight is 321 g/mol. The van der Waals surface area contributed by atoms with E-state index in [0.29, 0.717) is 6.07 Å².